The number of methoxy groups -OCH3 is 2. The molecule has 1 N–H and O–H groups in total. The van der Waals surface area contributed by atoms with Gasteiger partial charge >= 0.3 is 0 Å². The van der Waals surface area contributed by atoms with Crippen molar-refractivity contribution in [2.45, 2.75) is 31.4 Å². The Hall–Kier alpha value is -2.39. The molecule has 3 rings (SSSR count). The summed E-state index contributed by atoms with van der Waals surface area (Å²) in [5.41, 5.74) is 2.25. The summed E-state index contributed by atoms with van der Waals surface area (Å²) in [7, 11) is 3.32. The van der Waals surface area contributed by atoms with Crippen molar-refractivity contribution in [2.75, 3.05) is 40.4 Å². The van der Waals surface area contributed by atoms with Gasteiger partial charge in [0.1, 0.15) is 17.7 Å². The van der Waals surface area contributed by atoms with E-state index >= 15 is 0 Å². The van der Waals surface area contributed by atoms with E-state index in [9.17, 15) is 4.39 Å². The lowest BCUT2D eigenvalue weighted by molar-refractivity contribution is 0.104. The van der Waals surface area contributed by atoms with Crippen LogP contribution < -0.4 is 10.1 Å². The Morgan fingerprint density at radius 2 is 2.00 bits per heavy atom. The average Bonchev–Trinajstić information content (AvgIpc) is 2.79. The summed E-state index contributed by atoms with van der Waals surface area (Å²) in [5.74, 6) is 6.72. The number of hydrogen-bond donors (Lipinski definition) is 1. The van der Waals surface area contributed by atoms with Crippen molar-refractivity contribution < 1.29 is 13.9 Å². The van der Waals surface area contributed by atoms with Crippen LogP contribution in [0.4, 0.5) is 4.39 Å². The molecule has 2 unspecified atom stereocenters. The molecule has 160 valence electrons. The molecule has 0 amide bonds. The first-order chi connectivity index (χ1) is 14.7. The van der Waals surface area contributed by atoms with Gasteiger partial charge in [-0.2, -0.15) is 0 Å². The van der Waals surface area contributed by atoms with E-state index in [1.807, 2.05) is 19.1 Å². The molecular formula is C25H31FN2O2. The summed E-state index contributed by atoms with van der Waals surface area (Å²) in [4.78, 5) is 2.45. The number of piperazine rings is 1. The summed E-state index contributed by atoms with van der Waals surface area (Å²) in [6.07, 6.45) is 0.760. The Morgan fingerprint density at radius 1 is 1.20 bits per heavy atom. The van der Waals surface area contributed by atoms with Gasteiger partial charge < -0.3 is 14.8 Å². The lowest BCUT2D eigenvalue weighted by Gasteiger charge is -2.38. The molecule has 0 spiro atoms. The molecule has 0 aromatic heterocycles. The Kier molecular flexibility index (Phi) is 8.27. The van der Waals surface area contributed by atoms with Gasteiger partial charge in [0.05, 0.1) is 13.2 Å². The van der Waals surface area contributed by atoms with Crippen molar-refractivity contribution in [3.63, 3.8) is 0 Å². The number of halogens is 1. The van der Waals surface area contributed by atoms with Gasteiger partial charge in [0.2, 0.25) is 0 Å². The molecule has 1 aliphatic rings. The van der Waals surface area contributed by atoms with Crippen molar-refractivity contribution in [1.82, 2.24) is 10.2 Å². The quantitative estimate of drug-likeness (QED) is 0.667. The first kappa shape index (κ1) is 22.3. The maximum absolute atomic E-state index is 13.7. The van der Waals surface area contributed by atoms with Crippen LogP contribution in [0.3, 0.4) is 0 Å². The largest absolute Gasteiger partial charge is 0.496 e. The summed E-state index contributed by atoms with van der Waals surface area (Å²) in [6.45, 7) is 5.39. The number of nitrogens with zero attached hydrogens (tertiary/aromatic N) is 1. The summed E-state index contributed by atoms with van der Waals surface area (Å²) >= 11 is 0. The monoisotopic (exact) mass is 410 g/mol. The highest BCUT2D eigenvalue weighted by Gasteiger charge is 2.29. The first-order valence-corrected chi connectivity index (χ1v) is 10.5. The minimum absolute atomic E-state index is 0.129. The third-order valence-corrected chi connectivity index (χ3v) is 5.77. The van der Waals surface area contributed by atoms with E-state index in [1.54, 1.807) is 14.2 Å². The number of nitrogens with one attached hydrogen (secondary N) is 1. The fourth-order valence-electron chi connectivity index (χ4n) is 4.24. The van der Waals surface area contributed by atoms with Gasteiger partial charge in [-0.05, 0) is 31.5 Å². The van der Waals surface area contributed by atoms with Crippen LogP contribution in [0, 0.1) is 17.7 Å². The van der Waals surface area contributed by atoms with E-state index in [-0.39, 0.29) is 23.9 Å². The lowest BCUT2D eigenvalue weighted by atomic mass is 9.89. The minimum Gasteiger partial charge on any atom is -0.496 e. The molecule has 1 aliphatic heterocycles. The van der Waals surface area contributed by atoms with Crippen LogP contribution in [0.15, 0.2) is 48.5 Å². The van der Waals surface area contributed by atoms with Gasteiger partial charge in [-0.25, -0.2) is 4.39 Å². The molecule has 1 fully saturated rings. The molecule has 1 saturated heterocycles. The predicted octanol–water partition coefficient (Wildman–Crippen LogP) is 3.99. The Bertz CT molecular complexity index is 862. The van der Waals surface area contributed by atoms with Crippen LogP contribution in [0.2, 0.25) is 0 Å². The smallest absolute Gasteiger partial charge is 0.126 e. The molecule has 0 aliphatic carbocycles. The molecular weight excluding hydrogens is 379 g/mol. The van der Waals surface area contributed by atoms with Crippen molar-refractivity contribution in [2.24, 2.45) is 0 Å². The highest BCUT2D eigenvalue weighted by atomic mass is 19.1. The van der Waals surface area contributed by atoms with E-state index in [1.165, 1.54) is 17.7 Å². The molecule has 0 radical (unpaired) electrons. The number of hydrogen-bond acceptors (Lipinski definition) is 4. The fourth-order valence-corrected chi connectivity index (χ4v) is 4.24. The maximum Gasteiger partial charge on any atom is 0.126 e. The molecule has 2 aromatic carbocycles. The highest BCUT2D eigenvalue weighted by molar-refractivity contribution is 5.37. The van der Waals surface area contributed by atoms with Gasteiger partial charge in [-0.3, -0.25) is 4.90 Å². The van der Waals surface area contributed by atoms with Crippen molar-refractivity contribution in [3.05, 3.63) is 65.5 Å². The molecule has 0 saturated carbocycles. The van der Waals surface area contributed by atoms with E-state index in [4.69, 9.17) is 9.47 Å². The highest BCUT2D eigenvalue weighted by Crippen LogP contribution is 2.33. The van der Waals surface area contributed by atoms with Crippen molar-refractivity contribution in [1.29, 1.82) is 0 Å². The van der Waals surface area contributed by atoms with E-state index in [2.05, 4.69) is 46.3 Å². The molecule has 2 aromatic rings. The molecule has 4 nitrogen and oxygen atoms in total. The van der Waals surface area contributed by atoms with Crippen LogP contribution in [0.5, 0.6) is 5.75 Å². The van der Waals surface area contributed by atoms with Crippen LogP contribution in [-0.4, -0.2) is 51.4 Å². The van der Waals surface area contributed by atoms with Crippen LogP contribution in [-0.2, 0) is 4.74 Å². The average molecular weight is 411 g/mol. The molecule has 30 heavy (non-hydrogen) atoms. The number of benzene rings is 2. The zero-order chi connectivity index (χ0) is 21.3. The second kappa shape index (κ2) is 11.1. The molecule has 3 atom stereocenters. The van der Waals surface area contributed by atoms with Gasteiger partial charge in [0, 0.05) is 44.3 Å². The molecule has 5 heteroatoms. The third kappa shape index (κ3) is 5.40. The Labute approximate surface area is 179 Å². The Morgan fingerprint density at radius 3 is 2.70 bits per heavy atom. The zero-order valence-electron chi connectivity index (χ0n) is 18.0. The van der Waals surface area contributed by atoms with Gasteiger partial charge in [0.25, 0.3) is 0 Å². The van der Waals surface area contributed by atoms with Crippen LogP contribution in [0.25, 0.3) is 0 Å². The SMILES string of the molecule is CC#C[C@H](OC)C(CCN1CCNCC1c1ccc(F)cc1OC)c1ccccc1. The van der Waals surface area contributed by atoms with Gasteiger partial charge in [0.15, 0.2) is 0 Å². The summed E-state index contributed by atoms with van der Waals surface area (Å²) in [6, 6.07) is 15.4. The van der Waals surface area contributed by atoms with E-state index in [0.29, 0.717) is 5.75 Å². The number of ether oxygens (including phenoxy) is 2. The Balaban J connectivity index is 1.81. The minimum atomic E-state index is -0.281. The topological polar surface area (TPSA) is 33.7 Å². The fraction of sp³-hybridized carbons (Fsp3) is 0.440. The second-order valence-corrected chi connectivity index (χ2v) is 7.50. The summed E-state index contributed by atoms with van der Waals surface area (Å²) in [5, 5.41) is 3.46. The number of rotatable bonds is 8. The zero-order valence-corrected chi connectivity index (χ0v) is 18.0. The van der Waals surface area contributed by atoms with Gasteiger partial charge in [-0.15, -0.1) is 5.92 Å². The van der Waals surface area contributed by atoms with Crippen molar-refractivity contribution in [3.8, 4) is 17.6 Å². The van der Waals surface area contributed by atoms with Gasteiger partial charge in [-0.1, -0.05) is 42.3 Å². The lowest BCUT2D eigenvalue weighted by Crippen LogP contribution is -2.46. The normalized spacial score (nSPS) is 18.9. The third-order valence-electron chi connectivity index (χ3n) is 5.77. The standard InChI is InChI=1S/C25H31FN2O2/c1-4-8-24(29-2)21(19-9-6-5-7-10-19)13-15-28-16-14-27-18-23(28)22-12-11-20(26)17-25(22)30-3/h5-7,9-12,17,21,23-24,27H,13-16,18H2,1-3H3/t21?,23?,24-/m0/s1. The van der Waals surface area contributed by atoms with Crippen molar-refractivity contribution >= 4 is 0 Å². The summed E-state index contributed by atoms with van der Waals surface area (Å²) < 4.78 is 24.9. The molecule has 1 heterocycles. The maximum atomic E-state index is 13.7. The van der Waals surface area contributed by atoms with Crippen LogP contribution >= 0.6 is 0 Å². The van der Waals surface area contributed by atoms with E-state index in [0.717, 1.165) is 38.2 Å². The van der Waals surface area contributed by atoms with E-state index < -0.39 is 0 Å². The first-order valence-electron chi connectivity index (χ1n) is 10.5. The van der Waals surface area contributed by atoms with Crippen LogP contribution in [0.1, 0.15) is 36.4 Å². The second-order valence-electron chi connectivity index (χ2n) is 7.50. The predicted molar refractivity (Wildman–Crippen MR) is 118 cm³/mol. The molecule has 0 bridgehead atoms.